The van der Waals surface area contributed by atoms with Crippen LogP contribution in [0.15, 0.2) is 53.6 Å². The maximum Gasteiger partial charge on any atom is 0.257 e. The van der Waals surface area contributed by atoms with Crippen molar-refractivity contribution in [2.24, 2.45) is 4.99 Å². The minimum atomic E-state index is -0.331. The van der Waals surface area contributed by atoms with E-state index < -0.39 is 0 Å². The number of amides is 4. The summed E-state index contributed by atoms with van der Waals surface area (Å²) in [6.45, 7) is 15.7. The van der Waals surface area contributed by atoms with E-state index in [4.69, 9.17) is 23.7 Å². The van der Waals surface area contributed by atoms with E-state index in [2.05, 4.69) is 55.3 Å². The van der Waals surface area contributed by atoms with E-state index in [1.54, 1.807) is 41.0 Å². The van der Waals surface area contributed by atoms with Crippen LogP contribution in [0.3, 0.4) is 0 Å². The lowest BCUT2D eigenvalue weighted by molar-refractivity contribution is -0.120. The molecular formula is C45H59Br2N5O9. The summed E-state index contributed by atoms with van der Waals surface area (Å²) >= 11 is 6.73. The molecule has 1 N–H and O–H groups in total. The van der Waals surface area contributed by atoms with Gasteiger partial charge in [0.25, 0.3) is 11.8 Å². The summed E-state index contributed by atoms with van der Waals surface area (Å²) in [4.78, 5) is 62.4. The summed E-state index contributed by atoms with van der Waals surface area (Å²) in [6, 6.07) is 7.00. The Kier molecular flexibility index (Phi) is 18.2. The molecule has 2 aromatic rings. The number of halogens is 2. The monoisotopic (exact) mass is 971 g/mol. The van der Waals surface area contributed by atoms with Crippen molar-refractivity contribution in [3.05, 3.63) is 65.3 Å². The maximum absolute atomic E-state index is 13.8. The quantitative estimate of drug-likeness (QED) is 0.0845. The molecule has 0 spiro atoms. The molecule has 4 amide bonds. The van der Waals surface area contributed by atoms with E-state index in [-0.39, 0.29) is 52.4 Å². The van der Waals surface area contributed by atoms with E-state index in [1.807, 2.05) is 32.2 Å². The number of carbonyl (C=O) groups excluding carboxylic acids is 4. The number of rotatable bonds is 20. The first-order valence-electron chi connectivity index (χ1n) is 20.9. The molecule has 3 aliphatic heterocycles. The fourth-order valence-electron chi connectivity index (χ4n) is 7.31. The lowest BCUT2D eigenvalue weighted by Crippen LogP contribution is -2.37. The summed E-state index contributed by atoms with van der Waals surface area (Å²) in [5.41, 5.74) is 4.72. The zero-order chi connectivity index (χ0) is 44.1. The van der Waals surface area contributed by atoms with Crippen LogP contribution in [0.25, 0.3) is 0 Å². The number of ether oxygens (including phenoxy) is 5. The zero-order valence-electron chi connectivity index (χ0n) is 35.8. The zero-order valence-corrected chi connectivity index (χ0v) is 38.9. The molecule has 0 radical (unpaired) electrons. The molecule has 16 heteroatoms. The van der Waals surface area contributed by atoms with Gasteiger partial charge in [0.1, 0.15) is 10.6 Å². The van der Waals surface area contributed by atoms with Crippen molar-refractivity contribution in [1.29, 1.82) is 0 Å². The van der Waals surface area contributed by atoms with Crippen molar-refractivity contribution in [3.8, 4) is 17.2 Å². The van der Waals surface area contributed by atoms with Gasteiger partial charge in [-0.15, -0.1) is 0 Å². The first-order chi connectivity index (χ1) is 29.3. The molecule has 14 nitrogen and oxygen atoms in total. The Morgan fingerprint density at radius 1 is 0.885 bits per heavy atom. The van der Waals surface area contributed by atoms with Crippen molar-refractivity contribution < 1.29 is 42.9 Å². The number of hydrogen-bond donors (Lipinski definition) is 1. The van der Waals surface area contributed by atoms with Gasteiger partial charge in [-0.25, -0.2) is 0 Å². The molecule has 0 aliphatic carbocycles. The lowest BCUT2D eigenvalue weighted by Gasteiger charge is -2.30. The highest BCUT2D eigenvalue weighted by Gasteiger charge is 2.34. The number of alkyl halides is 2. The number of carbonyl (C=O) groups is 4. The minimum Gasteiger partial charge on any atom is -0.493 e. The third kappa shape index (κ3) is 13.1. The fourth-order valence-corrected chi connectivity index (χ4v) is 7.71. The van der Waals surface area contributed by atoms with Crippen LogP contribution in [0.1, 0.15) is 78.1 Å². The highest BCUT2D eigenvalue weighted by molar-refractivity contribution is 9.12. The predicted molar refractivity (Wildman–Crippen MR) is 244 cm³/mol. The maximum atomic E-state index is 13.8. The number of benzene rings is 2. The summed E-state index contributed by atoms with van der Waals surface area (Å²) in [7, 11) is 3.30. The second-order valence-electron chi connectivity index (χ2n) is 15.6. The van der Waals surface area contributed by atoms with Gasteiger partial charge in [0.2, 0.25) is 11.8 Å². The molecule has 61 heavy (non-hydrogen) atoms. The fraction of sp³-hybridized carbons (Fsp3) is 0.533. The van der Waals surface area contributed by atoms with Gasteiger partial charge in [0.15, 0.2) is 11.5 Å². The standard InChI is InChI=1S/C45H59Br2N5O9/c1-29-11-10-14-51(41(53)12-17-58-19-20-59-18-13-48-43(54)42(47)32(4)46)37-25-38(31(3)22-35(37)44(55)50(5)27-29)60-15-8-7-9-16-61-40-24-36-34(23-39(40)57-6)45(56)52-28-30(2)21-33(52)26-49-36/h22-26,32-33,42H,1-2,7-21,27-28H2,3-6H3,(H,48,54). The molecule has 0 saturated carbocycles. The SMILES string of the molecule is C=C1CCCN(C(=O)CCOCCOCCNC(=O)C(Br)C(C)Br)c2cc(OCCCCCOc3cc4c(cc3OC)C(=O)N3CC(=C)CC3C=N4)c(C)cc2C(=O)N(C)C1. The van der Waals surface area contributed by atoms with Gasteiger partial charge in [0, 0.05) is 56.4 Å². The molecule has 2 aromatic carbocycles. The van der Waals surface area contributed by atoms with Crippen LogP contribution in [0.2, 0.25) is 0 Å². The highest BCUT2D eigenvalue weighted by atomic mass is 79.9. The number of nitrogens with zero attached hydrogens (tertiary/aromatic N) is 4. The van der Waals surface area contributed by atoms with Crippen molar-refractivity contribution in [2.75, 3.05) is 84.9 Å². The molecule has 1 fully saturated rings. The Balaban J connectivity index is 1.13. The molecule has 3 aliphatic rings. The first-order valence-corrected chi connectivity index (χ1v) is 22.7. The Hall–Kier alpha value is -4.25. The third-order valence-electron chi connectivity index (χ3n) is 10.6. The Morgan fingerprint density at radius 3 is 2.33 bits per heavy atom. The third-order valence-corrected chi connectivity index (χ3v) is 13.1. The summed E-state index contributed by atoms with van der Waals surface area (Å²) in [5, 5.41) is 2.81. The number of methoxy groups -OCH3 is 1. The van der Waals surface area contributed by atoms with Crippen LogP contribution < -0.4 is 24.4 Å². The van der Waals surface area contributed by atoms with E-state index in [1.165, 1.54) is 0 Å². The number of aryl methyl sites for hydroxylation is 1. The van der Waals surface area contributed by atoms with E-state index in [0.29, 0.717) is 118 Å². The van der Waals surface area contributed by atoms with Gasteiger partial charge in [-0.3, -0.25) is 24.2 Å². The average molecular weight is 974 g/mol. The summed E-state index contributed by atoms with van der Waals surface area (Å²) < 4.78 is 29.3. The molecule has 3 unspecified atom stereocenters. The van der Waals surface area contributed by atoms with Crippen molar-refractivity contribution in [2.45, 2.75) is 74.5 Å². The lowest BCUT2D eigenvalue weighted by atomic mass is 10.0. The largest absolute Gasteiger partial charge is 0.493 e. The smallest absolute Gasteiger partial charge is 0.257 e. The summed E-state index contributed by atoms with van der Waals surface area (Å²) in [5.74, 6) is 1.05. The van der Waals surface area contributed by atoms with Gasteiger partial charge in [0.05, 0.1) is 81.7 Å². The minimum absolute atomic E-state index is 0.00259. The molecule has 0 aromatic heterocycles. The topological polar surface area (TPSA) is 149 Å². The molecule has 3 heterocycles. The van der Waals surface area contributed by atoms with E-state index >= 15 is 0 Å². The van der Waals surface area contributed by atoms with Crippen molar-refractivity contribution >= 4 is 73.1 Å². The highest BCUT2D eigenvalue weighted by Crippen LogP contribution is 2.39. The molecule has 332 valence electrons. The van der Waals surface area contributed by atoms with Gasteiger partial charge >= 0.3 is 0 Å². The van der Waals surface area contributed by atoms with Gasteiger partial charge in [-0.05, 0) is 63.1 Å². The van der Waals surface area contributed by atoms with Crippen LogP contribution in [0.5, 0.6) is 17.2 Å². The number of anilines is 1. The number of hydrogen-bond acceptors (Lipinski definition) is 10. The molecule has 0 bridgehead atoms. The second-order valence-corrected chi connectivity index (χ2v) is 18.0. The number of aliphatic imine (C=N–C) groups is 1. The number of fused-ring (bicyclic) bond motifs is 3. The first kappa shape index (κ1) is 47.8. The van der Waals surface area contributed by atoms with Crippen LogP contribution >= 0.6 is 31.9 Å². The van der Waals surface area contributed by atoms with Crippen LogP contribution in [-0.4, -0.2) is 135 Å². The number of unbranched alkanes of at least 4 members (excludes halogenated alkanes) is 2. The van der Waals surface area contributed by atoms with Crippen LogP contribution in [0, 0.1) is 6.92 Å². The van der Waals surface area contributed by atoms with Crippen LogP contribution in [-0.2, 0) is 19.1 Å². The van der Waals surface area contributed by atoms with Crippen molar-refractivity contribution in [1.82, 2.24) is 15.1 Å². The summed E-state index contributed by atoms with van der Waals surface area (Å²) in [6.07, 6.45) is 6.32. The normalized spacial score (nSPS) is 17.6. The Labute approximate surface area is 376 Å². The predicted octanol–water partition coefficient (Wildman–Crippen LogP) is 6.96. The Morgan fingerprint density at radius 2 is 1.61 bits per heavy atom. The van der Waals surface area contributed by atoms with Crippen molar-refractivity contribution in [3.63, 3.8) is 0 Å². The Bertz CT molecular complexity index is 1960. The van der Waals surface area contributed by atoms with Crippen LogP contribution in [0.4, 0.5) is 11.4 Å². The van der Waals surface area contributed by atoms with Gasteiger partial charge in [-0.2, -0.15) is 0 Å². The average Bonchev–Trinajstić information content (AvgIpc) is 3.57. The number of nitrogens with one attached hydrogen (secondary N) is 1. The molecular weight excluding hydrogens is 914 g/mol. The molecule has 1 saturated heterocycles. The van der Waals surface area contributed by atoms with Gasteiger partial charge < -0.3 is 43.7 Å². The van der Waals surface area contributed by atoms with E-state index in [0.717, 1.165) is 36.0 Å². The molecule has 5 rings (SSSR count). The molecule has 3 atom stereocenters. The number of likely N-dealkylation sites (N-methyl/N-ethyl adjacent to an activating group) is 1. The second kappa shape index (κ2) is 23.3. The van der Waals surface area contributed by atoms with Gasteiger partial charge in [-0.1, -0.05) is 63.1 Å². The van der Waals surface area contributed by atoms with E-state index in [9.17, 15) is 19.2 Å².